The molecule has 0 aliphatic carbocycles. The van der Waals surface area contributed by atoms with Gasteiger partial charge in [0, 0.05) is 19.6 Å². The maximum atomic E-state index is 13.0. The van der Waals surface area contributed by atoms with Gasteiger partial charge in [0.15, 0.2) is 0 Å². The van der Waals surface area contributed by atoms with Crippen LogP contribution in [0.3, 0.4) is 0 Å². The van der Waals surface area contributed by atoms with Crippen LogP contribution < -0.4 is 0 Å². The van der Waals surface area contributed by atoms with Crippen molar-refractivity contribution in [2.24, 2.45) is 5.41 Å². The molecular weight excluding hydrogens is 239 g/mol. The number of terminal acetylenes is 1. The van der Waals surface area contributed by atoms with Crippen molar-refractivity contribution < 1.29 is 13.2 Å². The lowest BCUT2D eigenvalue weighted by Gasteiger charge is -2.26. The smallest absolute Gasteiger partial charge is 0.297 e. The van der Waals surface area contributed by atoms with Crippen LogP contribution in [0.2, 0.25) is 0 Å². The van der Waals surface area contributed by atoms with Crippen LogP contribution in [0.15, 0.2) is 30.3 Å². The van der Waals surface area contributed by atoms with Crippen LogP contribution in [0.25, 0.3) is 0 Å². The number of alkyl halides is 3. The van der Waals surface area contributed by atoms with Crippen molar-refractivity contribution in [3.8, 4) is 12.3 Å². The summed E-state index contributed by atoms with van der Waals surface area (Å²) in [5.74, 6) is 1.97. The molecule has 2 rings (SSSR count). The van der Waals surface area contributed by atoms with E-state index in [1.807, 2.05) is 36.3 Å². The molecule has 0 bridgehead atoms. The van der Waals surface area contributed by atoms with E-state index in [0.29, 0.717) is 13.1 Å². The second kappa shape index (κ2) is 4.66. The highest BCUT2D eigenvalue weighted by atomic mass is 19.4. The Bertz CT molecular complexity index is 446. The van der Waals surface area contributed by atoms with E-state index in [1.54, 1.807) is 4.90 Å². The first-order valence-corrected chi connectivity index (χ1v) is 5.78. The molecule has 1 aromatic carbocycles. The molecule has 0 N–H and O–H groups in total. The maximum absolute atomic E-state index is 13.0. The first-order valence-electron chi connectivity index (χ1n) is 5.78. The first kappa shape index (κ1) is 13.0. The van der Waals surface area contributed by atoms with Crippen molar-refractivity contribution in [2.75, 3.05) is 13.1 Å². The van der Waals surface area contributed by atoms with E-state index in [9.17, 15) is 13.2 Å². The summed E-state index contributed by atoms with van der Waals surface area (Å²) >= 11 is 0. The SMILES string of the molecule is C#CC1(C(F)(F)F)CCN(Cc2ccccc2)C1. The summed E-state index contributed by atoms with van der Waals surface area (Å²) in [7, 11) is 0. The van der Waals surface area contributed by atoms with Gasteiger partial charge in [-0.15, -0.1) is 6.42 Å². The zero-order chi connectivity index (χ0) is 13.2. The van der Waals surface area contributed by atoms with Crippen molar-refractivity contribution >= 4 is 0 Å². The summed E-state index contributed by atoms with van der Waals surface area (Å²) in [5.41, 5.74) is -0.964. The van der Waals surface area contributed by atoms with Gasteiger partial charge in [0.2, 0.25) is 0 Å². The highest BCUT2D eigenvalue weighted by Gasteiger charge is 2.56. The molecule has 18 heavy (non-hydrogen) atoms. The Morgan fingerprint density at radius 1 is 1.28 bits per heavy atom. The first-order chi connectivity index (χ1) is 8.47. The minimum atomic E-state index is -4.33. The van der Waals surface area contributed by atoms with Crippen LogP contribution in [0.5, 0.6) is 0 Å². The fourth-order valence-electron chi connectivity index (χ4n) is 2.30. The molecule has 1 nitrogen and oxygen atoms in total. The number of rotatable bonds is 2. The quantitative estimate of drug-likeness (QED) is 0.732. The number of hydrogen-bond donors (Lipinski definition) is 0. The minimum Gasteiger partial charge on any atom is -0.297 e. The fraction of sp³-hybridized carbons (Fsp3) is 0.429. The number of halogens is 3. The summed E-state index contributed by atoms with van der Waals surface area (Å²) in [6, 6.07) is 9.45. The number of nitrogens with zero attached hydrogens (tertiary/aromatic N) is 1. The van der Waals surface area contributed by atoms with Crippen molar-refractivity contribution in [2.45, 2.75) is 19.1 Å². The van der Waals surface area contributed by atoms with Gasteiger partial charge in [0.05, 0.1) is 0 Å². The van der Waals surface area contributed by atoms with E-state index >= 15 is 0 Å². The molecule has 4 heteroatoms. The van der Waals surface area contributed by atoms with E-state index in [0.717, 1.165) is 5.56 Å². The summed E-state index contributed by atoms with van der Waals surface area (Å²) in [6.07, 6.45) is 0.774. The maximum Gasteiger partial charge on any atom is 0.406 e. The van der Waals surface area contributed by atoms with Crippen molar-refractivity contribution in [1.82, 2.24) is 4.90 Å². The van der Waals surface area contributed by atoms with Crippen molar-refractivity contribution in [3.05, 3.63) is 35.9 Å². The molecule has 0 radical (unpaired) electrons. The number of hydrogen-bond acceptors (Lipinski definition) is 1. The molecule has 0 saturated carbocycles. The molecule has 1 fully saturated rings. The third-order valence-electron chi connectivity index (χ3n) is 3.42. The van der Waals surface area contributed by atoms with Gasteiger partial charge in [-0.1, -0.05) is 36.3 Å². The van der Waals surface area contributed by atoms with Gasteiger partial charge < -0.3 is 0 Å². The zero-order valence-electron chi connectivity index (χ0n) is 9.87. The zero-order valence-corrected chi connectivity index (χ0v) is 9.87. The van der Waals surface area contributed by atoms with Gasteiger partial charge in [-0.25, -0.2) is 0 Å². The Morgan fingerprint density at radius 2 is 1.94 bits per heavy atom. The Kier molecular flexibility index (Phi) is 3.36. The lowest BCUT2D eigenvalue weighted by Crippen LogP contribution is -2.39. The van der Waals surface area contributed by atoms with E-state index in [2.05, 4.69) is 0 Å². The lowest BCUT2D eigenvalue weighted by atomic mass is 9.87. The van der Waals surface area contributed by atoms with Crippen LogP contribution >= 0.6 is 0 Å². The largest absolute Gasteiger partial charge is 0.406 e. The van der Waals surface area contributed by atoms with Crippen molar-refractivity contribution in [1.29, 1.82) is 0 Å². The number of likely N-dealkylation sites (tertiary alicyclic amines) is 1. The van der Waals surface area contributed by atoms with Crippen LogP contribution in [-0.4, -0.2) is 24.2 Å². The molecule has 1 aliphatic rings. The topological polar surface area (TPSA) is 3.24 Å². The van der Waals surface area contributed by atoms with Gasteiger partial charge in [0.1, 0.15) is 5.41 Å². The predicted molar refractivity (Wildman–Crippen MR) is 63.7 cm³/mol. The molecule has 1 aromatic rings. The average molecular weight is 253 g/mol. The third-order valence-corrected chi connectivity index (χ3v) is 3.42. The van der Waals surface area contributed by atoms with Gasteiger partial charge in [-0.2, -0.15) is 13.2 Å². The highest BCUT2D eigenvalue weighted by Crippen LogP contribution is 2.45. The molecule has 1 heterocycles. The molecule has 1 saturated heterocycles. The predicted octanol–water partition coefficient (Wildman–Crippen LogP) is 3.07. The molecule has 1 unspecified atom stereocenters. The summed E-state index contributed by atoms with van der Waals surface area (Å²) in [5, 5.41) is 0. The Hall–Kier alpha value is -1.47. The Morgan fingerprint density at radius 3 is 2.44 bits per heavy atom. The Labute approximate surface area is 105 Å². The second-order valence-electron chi connectivity index (χ2n) is 4.67. The van der Waals surface area contributed by atoms with Crippen LogP contribution in [-0.2, 0) is 6.54 Å². The standard InChI is InChI=1S/C14H14F3N/c1-2-13(14(15,16)17)8-9-18(11-13)10-12-6-4-3-5-7-12/h1,3-7H,8-11H2. The van der Waals surface area contributed by atoms with Gasteiger partial charge >= 0.3 is 6.18 Å². The monoisotopic (exact) mass is 253 g/mol. The highest BCUT2D eigenvalue weighted by molar-refractivity contribution is 5.18. The minimum absolute atomic E-state index is 0.0141. The molecule has 1 atom stereocenters. The van der Waals surface area contributed by atoms with E-state index in [4.69, 9.17) is 6.42 Å². The molecule has 0 amide bonds. The van der Waals surface area contributed by atoms with Crippen molar-refractivity contribution in [3.63, 3.8) is 0 Å². The van der Waals surface area contributed by atoms with E-state index in [-0.39, 0.29) is 13.0 Å². The van der Waals surface area contributed by atoms with Crippen LogP contribution in [0, 0.1) is 17.8 Å². The summed E-state index contributed by atoms with van der Waals surface area (Å²) in [6.45, 7) is 0.793. The van der Waals surface area contributed by atoms with Gasteiger partial charge in [-0.3, -0.25) is 4.90 Å². The third kappa shape index (κ3) is 2.37. The molecule has 1 aliphatic heterocycles. The van der Waals surface area contributed by atoms with E-state index in [1.165, 1.54) is 0 Å². The van der Waals surface area contributed by atoms with Crippen LogP contribution in [0.4, 0.5) is 13.2 Å². The fourth-order valence-corrected chi connectivity index (χ4v) is 2.30. The molecular formula is C14H14F3N. The Balaban J connectivity index is 2.07. The summed E-state index contributed by atoms with van der Waals surface area (Å²) < 4.78 is 38.9. The van der Waals surface area contributed by atoms with Crippen LogP contribution in [0.1, 0.15) is 12.0 Å². The average Bonchev–Trinajstić information content (AvgIpc) is 2.74. The molecule has 96 valence electrons. The van der Waals surface area contributed by atoms with Gasteiger partial charge in [-0.05, 0) is 12.0 Å². The second-order valence-corrected chi connectivity index (χ2v) is 4.67. The summed E-state index contributed by atoms with van der Waals surface area (Å²) in [4.78, 5) is 1.77. The molecule has 0 aromatic heterocycles. The van der Waals surface area contributed by atoms with Gasteiger partial charge in [0.25, 0.3) is 0 Å². The normalized spacial score (nSPS) is 25.0. The number of benzene rings is 1. The lowest BCUT2D eigenvalue weighted by molar-refractivity contribution is -0.197. The van der Waals surface area contributed by atoms with E-state index < -0.39 is 11.6 Å². The molecule has 0 spiro atoms.